The van der Waals surface area contributed by atoms with Crippen molar-refractivity contribution in [1.82, 2.24) is 9.78 Å². The van der Waals surface area contributed by atoms with Gasteiger partial charge in [-0.15, -0.1) is 0 Å². The lowest BCUT2D eigenvalue weighted by atomic mass is 10.0. The topological polar surface area (TPSA) is 62.3 Å². The highest BCUT2D eigenvalue weighted by Crippen LogP contribution is 2.41. The van der Waals surface area contributed by atoms with E-state index in [4.69, 9.17) is 15.2 Å². The molecule has 5 heteroatoms. The summed E-state index contributed by atoms with van der Waals surface area (Å²) in [5.74, 6) is 1.67. The molecule has 0 radical (unpaired) electrons. The van der Waals surface area contributed by atoms with Crippen LogP contribution in [0.5, 0.6) is 11.5 Å². The number of hydrogen-bond acceptors (Lipinski definition) is 4. The summed E-state index contributed by atoms with van der Waals surface area (Å²) in [5, 5.41) is 4.12. The van der Waals surface area contributed by atoms with Crippen LogP contribution >= 0.6 is 0 Å². The van der Waals surface area contributed by atoms with Gasteiger partial charge < -0.3 is 15.2 Å². The molecule has 0 saturated heterocycles. The number of fused-ring (bicyclic) bond motifs is 1. The second-order valence-corrected chi connectivity index (χ2v) is 5.67. The van der Waals surface area contributed by atoms with E-state index in [1.165, 1.54) is 5.56 Å². The van der Waals surface area contributed by atoms with Gasteiger partial charge in [0.15, 0.2) is 11.5 Å². The largest absolute Gasteiger partial charge is 0.488 e. The zero-order chi connectivity index (χ0) is 14.2. The van der Waals surface area contributed by atoms with Gasteiger partial charge in [-0.2, -0.15) is 5.10 Å². The summed E-state index contributed by atoms with van der Waals surface area (Å²) in [6.07, 6.45) is 4.33. The van der Waals surface area contributed by atoms with E-state index in [1.54, 1.807) is 17.1 Å². The van der Waals surface area contributed by atoms with Gasteiger partial charge in [-0.3, -0.25) is 4.68 Å². The minimum absolute atomic E-state index is 0.155. The highest BCUT2D eigenvalue weighted by molar-refractivity contribution is 5.50. The Hall–Kier alpha value is -2.17. The molecule has 2 N–H and O–H groups in total. The summed E-state index contributed by atoms with van der Waals surface area (Å²) in [6.45, 7) is 5.36. The molecule has 2 heterocycles. The molecule has 0 saturated carbocycles. The van der Waals surface area contributed by atoms with Crippen molar-refractivity contribution >= 4 is 5.69 Å². The van der Waals surface area contributed by atoms with E-state index in [-0.39, 0.29) is 5.60 Å². The Morgan fingerprint density at radius 1 is 1.45 bits per heavy atom. The maximum absolute atomic E-state index is 5.96. The van der Waals surface area contributed by atoms with Crippen molar-refractivity contribution in [3.8, 4) is 11.5 Å². The highest BCUT2D eigenvalue weighted by Gasteiger charge is 2.32. The number of para-hydroxylation sites is 1. The van der Waals surface area contributed by atoms with Gasteiger partial charge in [-0.25, -0.2) is 0 Å². The maximum atomic E-state index is 5.96. The van der Waals surface area contributed by atoms with Gasteiger partial charge >= 0.3 is 0 Å². The smallest absolute Gasteiger partial charge is 0.165 e. The van der Waals surface area contributed by atoms with Crippen LogP contribution in [0.2, 0.25) is 0 Å². The Morgan fingerprint density at radius 3 is 3.05 bits per heavy atom. The molecule has 0 atom stereocenters. The molecule has 0 bridgehead atoms. The fourth-order valence-corrected chi connectivity index (χ4v) is 2.45. The Bertz CT molecular complexity index is 619. The normalized spacial score (nSPS) is 15.7. The molecule has 1 aliphatic heterocycles. The predicted octanol–water partition coefficient (Wildman–Crippen LogP) is 2.26. The minimum atomic E-state index is -0.155. The molecule has 0 unspecified atom stereocenters. The van der Waals surface area contributed by atoms with E-state index in [0.29, 0.717) is 18.8 Å². The van der Waals surface area contributed by atoms with Crippen molar-refractivity contribution < 1.29 is 9.47 Å². The van der Waals surface area contributed by atoms with E-state index in [0.717, 1.165) is 17.9 Å². The van der Waals surface area contributed by atoms with Crippen LogP contribution in [0.3, 0.4) is 0 Å². The zero-order valence-electron chi connectivity index (χ0n) is 11.8. The Kier molecular flexibility index (Phi) is 3.04. The number of nitrogens with zero attached hydrogens (tertiary/aromatic N) is 2. The van der Waals surface area contributed by atoms with Crippen molar-refractivity contribution in [3.05, 3.63) is 36.2 Å². The Balaban J connectivity index is 1.66. The van der Waals surface area contributed by atoms with Gasteiger partial charge in [0, 0.05) is 18.2 Å². The Morgan fingerprint density at radius 2 is 2.30 bits per heavy atom. The van der Waals surface area contributed by atoms with Crippen LogP contribution in [0.25, 0.3) is 0 Å². The van der Waals surface area contributed by atoms with Gasteiger partial charge in [0.2, 0.25) is 0 Å². The molecule has 1 aliphatic rings. The summed E-state index contributed by atoms with van der Waals surface area (Å²) in [4.78, 5) is 0. The van der Waals surface area contributed by atoms with Crippen LogP contribution in [0.4, 0.5) is 5.69 Å². The number of rotatable bonds is 4. The van der Waals surface area contributed by atoms with E-state index in [9.17, 15) is 0 Å². The number of aromatic nitrogens is 2. The molecule has 1 aromatic heterocycles. The van der Waals surface area contributed by atoms with Crippen LogP contribution in [0.1, 0.15) is 19.4 Å². The van der Waals surface area contributed by atoms with Gasteiger partial charge in [0.05, 0.1) is 18.4 Å². The van der Waals surface area contributed by atoms with Crippen molar-refractivity contribution in [2.24, 2.45) is 0 Å². The average Bonchev–Trinajstić information content (AvgIpc) is 2.91. The third-order valence-electron chi connectivity index (χ3n) is 3.29. The molecule has 0 fully saturated rings. The fourth-order valence-electron chi connectivity index (χ4n) is 2.45. The van der Waals surface area contributed by atoms with Gasteiger partial charge in [-0.05, 0) is 19.9 Å². The van der Waals surface area contributed by atoms with Crippen LogP contribution in [0, 0.1) is 0 Å². The van der Waals surface area contributed by atoms with Crippen molar-refractivity contribution in [2.45, 2.75) is 32.4 Å². The van der Waals surface area contributed by atoms with Crippen LogP contribution in [0.15, 0.2) is 30.6 Å². The monoisotopic (exact) mass is 273 g/mol. The zero-order valence-corrected chi connectivity index (χ0v) is 11.8. The summed E-state index contributed by atoms with van der Waals surface area (Å²) in [5.41, 5.74) is 7.33. The molecule has 0 spiro atoms. The first-order valence-corrected chi connectivity index (χ1v) is 6.75. The molecule has 0 amide bonds. The lowest BCUT2D eigenvalue weighted by molar-refractivity contribution is 0.131. The second-order valence-electron chi connectivity index (χ2n) is 5.67. The van der Waals surface area contributed by atoms with Crippen molar-refractivity contribution in [3.63, 3.8) is 0 Å². The molecule has 20 heavy (non-hydrogen) atoms. The number of nitrogens with two attached hydrogens (primary N) is 1. The molecule has 2 aromatic rings. The highest BCUT2D eigenvalue weighted by atomic mass is 16.5. The minimum Gasteiger partial charge on any atom is -0.488 e. The quantitative estimate of drug-likeness (QED) is 0.928. The summed E-state index contributed by atoms with van der Waals surface area (Å²) < 4.78 is 13.6. The van der Waals surface area contributed by atoms with E-state index >= 15 is 0 Å². The molecule has 1 aromatic carbocycles. The summed E-state index contributed by atoms with van der Waals surface area (Å²) >= 11 is 0. The molecule has 3 rings (SSSR count). The van der Waals surface area contributed by atoms with Gasteiger partial charge in [0.25, 0.3) is 0 Å². The van der Waals surface area contributed by atoms with Gasteiger partial charge in [0.1, 0.15) is 12.2 Å². The number of ether oxygens (including phenoxy) is 2. The number of nitrogen functional groups attached to an aromatic ring is 1. The fraction of sp³-hybridized carbons (Fsp3) is 0.400. The first kappa shape index (κ1) is 12.8. The van der Waals surface area contributed by atoms with Crippen LogP contribution in [-0.2, 0) is 13.0 Å². The third-order valence-corrected chi connectivity index (χ3v) is 3.29. The SMILES string of the molecule is CC1(C)Cc2cccc(OCCn3cc(N)cn3)c2O1. The van der Waals surface area contributed by atoms with Gasteiger partial charge in [-0.1, -0.05) is 12.1 Å². The molecular formula is C15H19N3O2. The number of anilines is 1. The predicted molar refractivity (Wildman–Crippen MR) is 77.0 cm³/mol. The van der Waals surface area contributed by atoms with Crippen molar-refractivity contribution in [2.75, 3.05) is 12.3 Å². The lowest BCUT2D eigenvalue weighted by Crippen LogP contribution is -2.24. The van der Waals surface area contributed by atoms with Crippen LogP contribution < -0.4 is 15.2 Å². The first-order valence-electron chi connectivity index (χ1n) is 6.75. The molecule has 106 valence electrons. The summed E-state index contributed by atoms with van der Waals surface area (Å²) in [7, 11) is 0. The van der Waals surface area contributed by atoms with E-state index < -0.39 is 0 Å². The van der Waals surface area contributed by atoms with Crippen LogP contribution in [-0.4, -0.2) is 22.0 Å². The lowest BCUT2D eigenvalue weighted by Gasteiger charge is -2.18. The van der Waals surface area contributed by atoms with Crippen molar-refractivity contribution in [1.29, 1.82) is 0 Å². The van der Waals surface area contributed by atoms with E-state index in [2.05, 4.69) is 25.0 Å². The molecular weight excluding hydrogens is 254 g/mol. The van der Waals surface area contributed by atoms with E-state index in [1.807, 2.05) is 12.1 Å². The second kappa shape index (κ2) is 4.74. The average molecular weight is 273 g/mol. The first-order chi connectivity index (χ1) is 9.53. The number of hydrogen-bond donors (Lipinski definition) is 1. The molecule has 5 nitrogen and oxygen atoms in total. The standard InChI is InChI=1S/C15H19N3O2/c1-15(2)8-11-4-3-5-13(14(11)20-15)19-7-6-18-10-12(16)9-17-18/h3-5,9-10H,6-8,16H2,1-2H3. The maximum Gasteiger partial charge on any atom is 0.165 e. The Labute approximate surface area is 118 Å². The number of benzene rings is 1. The third kappa shape index (κ3) is 2.57. The molecule has 0 aliphatic carbocycles. The summed E-state index contributed by atoms with van der Waals surface area (Å²) in [6, 6.07) is 6.04.